The highest BCUT2D eigenvalue weighted by atomic mass is 35.5. The van der Waals surface area contributed by atoms with Crippen molar-refractivity contribution >= 4 is 49.6 Å². The van der Waals surface area contributed by atoms with Crippen LogP contribution in [0.4, 0.5) is 5.13 Å². The van der Waals surface area contributed by atoms with E-state index in [9.17, 15) is 0 Å². The van der Waals surface area contributed by atoms with Gasteiger partial charge in [0, 0.05) is 11.1 Å². The first-order valence-electron chi connectivity index (χ1n) is 5.42. The number of halogens is 1. The number of aryl methyl sites for hydroxylation is 1. The van der Waals surface area contributed by atoms with Gasteiger partial charge in [0.05, 0.1) is 21.8 Å². The van der Waals surface area contributed by atoms with E-state index in [-0.39, 0.29) is 0 Å². The van der Waals surface area contributed by atoms with Crippen LogP contribution in [0.3, 0.4) is 0 Å². The van der Waals surface area contributed by atoms with Crippen molar-refractivity contribution in [3.05, 3.63) is 39.3 Å². The minimum absolute atomic E-state index is 0.704. The predicted molar refractivity (Wildman–Crippen MR) is 78.8 cm³/mol. The lowest BCUT2D eigenvalue weighted by atomic mass is 10.3. The monoisotopic (exact) mass is 295 g/mol. The molecular formula is C12H10ClN3S2. The SMILES string of the molecule is Cc1csc(CNc2nc3cccc(Cl)c3s2)n1. The van der Waals surface area contributed by atoms with Crippen LogP contribution in [0.15, 0.2) is 23.6 Å². The van der Waals surface area contributed by atoms with Crippen molar-refractivity contribution in [2.75, 3.05) is 5.32 Å². The van der Waals surface area contributed by atoms with Gasteiger partial charge in [0.2, 0.25) is 0 Å². The van der Waals surface area contributed by atoms with Crippen molar-refractivity contribution in [1.29, 1.82) is 0 Å². The molecule has 0 aliphatic carbocycles. The molecular weight excluding hydrogens is 286 g/mol. The zero-order valence-corrected chi connectivity index (χ0v) is 12.0. The Bertz CT molecular complexity index is 690. The van der Waals surface area contributed by atoms with Crippen LogP contribution in [0.1, 0.15) is 10.7 Å². The molecule has 1 N–H and O–H groups in total. The maximum atomic E-state index is 6.12. The summed E-state index contributed by atoms with van der Waals surface area (Å²) in [5, 5.41) is 8.04. The summed E-state index contributed by atoms with van der Waals surface area (Å²) >= 11 is 9.35. The number of aromatic nitrogens is 2. The molecule has 3 rings (SSSR count). The van der Waals surface area contributed by atoms with Gasteiger partial charge in [0.15, 0.2) is 5.13 Å². The van der Waals surface area contributed by atoms with E-state index >= 15 is 0 Å². The molecule has 0 fully saturated rings. The number of hydrogen-bond acceptors (Lipinski definition) is 5. The molecule has 0 saturated heterocycles. The van der Waals surface area contributed by atoms with Crippen LogP contribution in [-0.4, -0.2) is 9.97 Å². The number of rotatable bonds is 3. The molecule has 0 aliphatic rings. The summed E-state index contributed by atoms with van der Waals surface area (Å²) in [5.74, 6) is 0. The van der Waals surface area contributed by atoms with E-state index in [4.69, 9.17) is 11.6 Å². The van der Waals surface area contributed by atoms with Gasteiger partial charge in [-0.2, -0.15) is 0 Å². The Morgan fingerprint density at radius 2 is 2.22 bits per heavy atom. The summed E-state index contributed by atoms with van der Waals surface area (Å²) < 4.78 is 1.02. The van der Waals surface area contributed by atoms with Crippen molar-refractivity contribution in [2.24, 2.45) is 0 Å². The number of fused-ring (bicyclic) bond motifs is 1. The first kappa shape index (κ1) is 11.9. The number of benzene rings is 1. The summed E-state index contributed by atoms with van der Waals surface area (Å²) in [6, 6.07) is 5.77. The fourth-order valence-electron chi connectivity index (χ4n) is 1.63. The number of anilines is 1. The Morgan fingerprint density at radius 1 is 1.33 bits per heavy atom. The highest BCUT2D eigenvalue weighted by Gasteiger charge is 2.07. The summed E-state index contributed by atoms with van der Waals surface area (Å²) in [6.07, 6.45) is 0. The fourth-order valence-corrected chi connectivity index (χ4v) is 3.49. The molecule has 0 amide bonds. The quantitative estimate of drug-likeness (QED) is 0.781. The first-order chi connectivity index (χ1) is 8.72. The second-order valence-electron chi connectivity index (χ2n) is 3.84. The normalized spacial score (nSPS) is 11.0. The van der Waals surface area contributed by atoms with Crippen molar-refractivity contribution in [3.8, 4) is 0 Å². The van der Waals surface area contributed by atoms with E-state index in [1.807, 2.05) is 30.5 Å². The number of thiazole rings is 2. The van der Waals surface area contributed by atoms with E-state index in [1.54, 1.807) is 22.7 Å². The molecule has 1 aromatic carbocycles. The number of hydrogen-bond donors (Lipinski definition) is 1. The molecule has 2 aromatic heterocycles. The van der Waals surface area contributed by atoms with Gasteiger partial charge in [-0.25, -0.2) is 9.97 Å². The van der Waals surface area contributed by atoms with E-state index < -0.39 is 0 Å². The van der Waals surface area contributed by atoms with Crippen LogP contribution >= 0.6 is 34.3 Å². The molecule has 3 nitrogen and oxygen atoms in total. The van der Waals surface area contributed by atoms with E-state index in [0.29, 0.717) is 6.54 Å². The third-order valence-corrected chi connectivity index (χ3v) is 4.88. The molecule has 0 saturated carbocycles. The van der Waals surface area contributed by atoms with Crippen LogP contribution in [0.2, 0.25) is 5.02 Å². The molecule has 92 valence electrons. The van der Waals surface area contributed by atoms with Crippen LogP contribution in [-0.2, 0) is 6.54 Å². The molecule has 0 aliphatic heterocycles. The van der Waals surface area contributed by atoms with Gasteiger partial charge in [-0.1, -0.05) is 29.0 Å². The Morgan fingerprint density at radius 3 is 2.94 bits per heavy atom. The van der Waals surface area contributed by atoms with Crippen LogP contribution < -0.4 is 5.32 Å². The average molecular weight is 296 g/mol. The second-order valence-corrected chi connectivity index (χ2v) is 6.19. The molecule has 3 aromatic rings. The summed E-state index contributed by atoms with van der Waals surface area (Å²) in [5.41, 5.74) is 1.99. The third kappa shape index (κ3) is 2.34. The van der Waals surface area contributed by atoms with Crippen LogP contribution in [0.25, 0.3) is 10.2 Å². The molecule has 0 unspecified atom stereocenters. The van der Waals surface area contributed by atoms with Crippen LogP contribution in [0, 0.1) is 6.92 Å². The Balaban J connectivity index is 1.81. The van der Waals surface area contributed by atoms with E-state index in [1.165, 1.54) is 0 Å². The maximum absolute atomic E-state index is 6.12. The van der Waals surface area contributed by atoms with E-state index in [2.05, 4.69) is 15.3 Å². The van der Waals surface area contributed by atoms with E-state index in [0.717, 1.165) is 31.1 Å². The Hall–Kier alpha value is -1.17. The molecule has 18 heavy (non-hydrogen) atoms. The summed E-state index contributed by atoms with van der Waals surface area (Å²) in [6.45, 7) is 2.70. The van der Waals surface area contributed by atoms with Gasteiger partial charge in [-0.15, -0.1) is 11.3 Å². The zero-order chi connectivity index (χ0) is 12.5. The number of nitrogens with one attached hydrogen (secondary N) is 1. The highest BCUT2D eigenvalue weighted by Crippen LogP contribution is 2.31. The van der Waals surface area contributed by atoms with Gasteiger partial charge in [0.1, 0.15) is 5.01 Å². The molecule has 2 heterocycles. The second kappa shape index (κ2) is 4.84. The van der Waals surface area contributed by atoms with Crippen molar-refractivity contribution in [3.63, 3.8) is 0 Å². The molecule has 0 radical (unpaired) electrons. The summed E-state index contributed by atoms with van der Waals surface area (Å²) in [7, 11) is 0. The lowest BCUT2D eigenvalue weighted by Gasteiger charge is -1.97. The topological polar surface area (TPSA) is 37.8 Å². The third-order valence-electron chi connectivity index (χ3n) is 2.42. The molecule has 0 bridgehead atoms. The lowest BCUT2D eigenvalue weighted by molar-refractivity contribution is 1.07. The largest absolute Gasteiger partial charge is 0.355 e. The maximum Gasteiger partial charge on any atom is 0.184 e. The summed E-state index contributed by atoms with van der Waals surface area (Å²) in [4.78, 5) is 8.90. The first-order valence-corrected chi connectivity index (χ1v) is 7.50. The van der Waals surface area contributed by atoms with Gasteiger partial charge in [-0.05, 0) is 19.1 Å². The minimum atomic E-state index is 0.704. The predicted octanol–water partition coefficient (Wildman–Crippen LogP) is 4.33. The average Bonchev–Trinajstić information content (AvgIpc) is 2.93. The molecule has 0 atom stereocenters. The highest BCUT2D eigenvalue weighted by molar-refractivity contribution is 7.22. The fraction of sp³-hybridized carbons (Fsp3) is 0.167. The lowest BCUT2D eigenvalue weighted by Crippen LogP contribution is -1.97. The standard InChI is InChI=1S/C12H10ClN3S2/c1-7-6-17-10(15-7)5-14-12-16-9-4-2-3-8(13)11(9)18-12/h2-4,6H,5H2,1H3,(H,14,16). The zero-order valence-electron chi connectivity index (χ0n) is 9.61. The smallest absolute Gasteiger partial charge is 0.184 e. The van der Waals surface area contributed by atoms with Crippen molar-refractivity contribution in [2.45, 2.75) is 13.5 Å². The molecule has 0 spiro atoms. The van der Waals surface area contributed by atoms with Gasteiger partial charge >= 0.3 is 0 Å². The van der Waals surface area contributed by atoms with Crippen molar-refractivity contribution in [1.82, 2.24) is 9.97 Å². The van der Waals surface area contributed by atoms with Gasteiger partial charge in [-0.3, -0.25) is 0 Å². The Kier molecular flexibility index (Phi) is 3.20. The number of nitrogens with zero attached hydrogens (tertiary/aromatic N) is 2. The van der Waals surface area contributed by atoms with Gasteiger partial charge in [0.25, 0.3) is 0 Å². The van der Waals surface area contributed by atoms with Gasteiger partial charge < -0.3 is 5.32 Å². The Labute approximate surface area is 117 Å². The van der Waals surface area contributed by atoms with Crippen LogP contribution in [0.5, 0.6) is 0 Å². The minimum Gasteiger partial charge on any atom is -0.355 e. The van der Waals surface area contributed by atoms with Crippen molar-refractivity contribution < 1.29 is 0 Å². The molecule has 6 heteroatoms.